The third kappa shape index (κ3) is 5.17. The van der Waals surface area contributed by atoms with Crippen molar-refractivity contribution >= 4 is 34.7 Å². The molecular weight excluding hydrogens is 567 g/mol. The molecule has 1 saturated heterocycles. The predicted octanol–water partition coefficient (Wildman–Crippen LogP) is 3.96. The van der Waals surface area contributed by atoms with E-state index < -0.39 is 53.8 Å². The van der Waals surface area contributed by atoms with Crippen molar-refractivity contribution < 1.29 is 32.9 Å². The number of aromatic nitrogens is 5. The van der Waals surface area contributed by atoms with Crippen LogP contribution in [0.2, 0.25) is 5.02 Å². The molecular formula is C23H19ClF3N5O4S2. The maximum absolute atomic E-state index is 13.8. The summed E-state index contributed by atoms with van der Waals surface area (Å²) in [5.41, 5.74) is -0.241. The fraction of sp³-hybridized carbons (Fsp3) is 0.304. The van der Waals surface area contributed by atoms with Crippen LogP contribution in [0.25, 0.3) is 22.0 Å². The fourth-order valence-electron chi connectivity index (χ4n) is 4.10. The molecule has 5 rings (SSSR count). The molecule has 15 heteroatoms. The minimum Gasteiger partial charge on any atom is -0.394 e. The van der Waals surface area contributed by atoms with Crippen LogP contribution in [0.1, 0.15) is 6.04 Å². The first kappa shape index (κ1) is 27.0. The maximum atomic E-state index is 13.8. The average Bonchev–Trinajstić information content (AvgIpc) is 3.60. The lowest BCUT2D eigenvalue weighted by atomic mass is 9.97. The molecule has 2 N–H and O–H groups in total. The Labute approximate surface area is 227 Å². The summed E-state index contributed by atoms with van der Waals surface area (Å²) >= 11 is 8.82. The molecule has 200 valence electrons. The molecule has 0 aliphatic carbocycles. The van der Waals surface area contributed by atoms with Crippen molar-refractivity contribution in [2.75, 3.05) is 13.7 Å². The standard InChI is InChI=1S/C23H19ClF3N5O4S2/c1-35-21-19(32-8-14(30-31-32)10-4-12(25)17(27)13(26)5-10)20(34)15(9-33)36-23(21)38-16-6-11(24)7-29-18(16)22-28-2-3-37-22/h2-8,15,19-21,23,33-34H,9H2,1H3/t15?,19?,20-,21?,23+/m0/s1. The summed E-state index contributed by atoms with van der Waals surface area (Å²) in [7, 11) is 1.42. The molecule has 1 aliphatic heterocycles. The smallest absolute Gasteiger partial charge is 0.194 e. The molecule has 1 aromatic carbocycles. The van der Waals surface area contributed by atoms with E-state index in [0.29, 0.717) is 20.6 Å². The zero-order chi connectivity index (χ0) is 27.0. The number of rotatable bonds is 7. The zero-order valence-corrected chi connectivity index (χ0v) is 21.8. The van der Waals surface area contributed by atoms with Gasteiger partial charge < -0.3 is 19.7 Å². The monoisotopic (exact) mass is 585 g/mol. The van der Waals surface area contributed by atoms with Gasteiger partial charge in [-0.2, -0.15) is 0 Å². The van der Waals surface area contributed by atoms with Gasteiger partial charge in [-0.1, -0.05) is 28.6 Å². The van der Waals surface area contributed by atoms with Crippen LogP contribution >= 0.6 is 34.7 Å². The molecule has 3 unspecified atom stereocenters. The summed E-state index contributed by atoms with van der Waals surface area (Å²) in [6, 6.07) is 2.35. The first-order chi connectivity index (χ1) is 18.3. The highest BCUT2D eigenvalue weighted by Crippen LogP contribution is 2.42. The van der Waals surface area contributed by atoms with Gasteiger partial charge in [0, 0.05) is 35.3 Å². The van der Waals surface area contributed by atoms with Gasteiger partial charge in [-0.05, 0) is 18.2 Å². The van der Waals surface area contributed by atoms with Crippen LogP contribution in [0.4, 0.5) is 13.2 Å². The topological polar surface area (TPSA) is 115 Å². The fourth-order valence-corrected chi connectivity index (χ4v) is 6.35. The van der Waals surface area contributed by atoms with Crippen molar-refractivity contribution in [3.05, 3.63) is 64.6 Å². The lowest BCUT2D eigenvalue weighted by Gasteiger charge is -2.43. The number of thiazole rings is 1. The Morgan fingerprint density at radius 1 is 1.21 bits per heavy atom. The molecule has 38 heavy (non-hydrogen) atoms. The van der Waals surface area contributed by atoms with E-state index in [9.17, 15) is 23.4 Å². The third-order valence-electron chi connectivity index (χ3n) is 5.89. The number of ether oxygens (including phenoxy) is 2. The summed E-state index contributed by atoms with van der Waals surface area (Å²) in [6.45, 7) is -0.520. The van der Waals surface area contributed by atoms with Crippen molar-refractivity contribution in [3.63, 3.8) is 0 Å². The highest BCUT2D eigenvalue weighted by molar-refractivity contribution is 8.00. The van der Waals surface area contributed by atoms with Crippen LogP contribution in [-0.2, 0) is 9.47 Å². The summed E-state index contributed by atoms with van der Waals surface area (Å²) in [6.07, 6.45) is 1.31. The van der Waals surface area contributed by atoms with Crippen LogP contribution in [0, 0.1) is 17.5 Å². The van der Waals surface area contributed by atoms with Gasteiger partial charge in [0.1, 0.15) is 46.2 Å². The minimum absolute atomic E-state index is 0.0335. The van der Waals surface area contributed by atoms with E-state index in [2.05, 4.69) is 20.3 Å². The zero-order valence-electron chi connectivity index (χ0n) is 19.4. The van der Waals surface area contributed by atoms with Crippen molar-refractivity contribution in [2.45, 2.75) is 34.7 Å². The number of aliphatic hydroxyl groups excluding tert-OH is 2. The van der Waals surface area contributed by atoms with Gasteiger partial charge in [0.15, 0.2) is 17.5 Å². The van der Waals surface area contributed by atoms with Gasteiger partial charge in [0.25, 0.3) is 0 Å². The van der Waals surface area contributed by atoms with Crippen molar-refractivity contribution in [1.82, 2.24) is 25.0 Å². The first-order valence-electron chi connectivity index (χ1n) is 11.1. The largest absolute Gasteiger partial charge is 0.394 e. The molecule has 4 heterocycles. The Kier molecular flexibility index (Phi) is 8.00. The van der Waals surface area contributed by atoms with E-state index in [1.807, 2.05) is 5.38 Å². The molecule has 4 aromatic rings. The number of aliphatic hydroxyl groups is 2. The normalized spacial score (nSPS) is 23.6. The number of halogens is 4. The van der Waals surface area contributed by atoms with Gasteiger partial charge in [-0.25, -0.2) is 22.8 Å². The first-order valence-corrected chi connectivity index (χ1v) is 13.2. The highest BCUT2D eigenvalue weighted by Gasteiger charge is 2.47. The van der Waals surface area contributed by atoms with Crippen LogP contribution in [0.5, 0.6) is 0 Å². The number of nitrogens with zero attached hydrogens (tertiary/aromatic N) is 5. The van der Waals surface area contributed by atoms with Gasteiger partial charge in [-0.15, -0.1) is 16.4 Å². The highest BCUT2D eigenvalue weighted by atomic mass is 35.5. The molecule has 3 aromatic heterocycles. The quantitative estimate of drug-likeness (QED) is 0.311. The Morgan fingerprint density at radius 2 is 1.97 bits per heavy atom. The average molecular weight is 586 g/mol. The molecule has 0 bridgehead atoms. The molecule has 5 atom stereocenters. The third-order valence-corrected chi connectivity index (χ3v) is 8.05. The Hall–Kier alpha value is -2.59. The minimum atomic E-state index is -1.60. The van der Waals surface area contributed by atoms with Crippen LogP contribution < -0.4 is 0 Å². The Balaban J connectivity index is 1.50. The van der Waals surface area contributed by atoms with Gasteiger partial charge >= 0.3 is 0 Å². The number of pyridine rings is 1. The number of benzene rings is 1. The molecule has 1 aliphatic rings. The number of hydrogen-bond acceptors (Lipinski definition) is 10. The lowest BCUT2D eigenvalue weighted by Crippen LogP contribution is -2.55. The molecule has 9 nitrogen and oxygen atoms in total. The predicted molar refractivity (Wildman–Crippen MR) is 133 cm³/mol. The second-order valence-electron chi connectivity index (χ2n) is 8.20. The lowest BCUT2D eigenvalue weighted by molar-refractivity contribution is -0.186. The second kappa shape index (κ2) is 11.3. The number of thioether (sulfide) groups is 1. The van der Waals surface area contributed by atoms with Gasteiger partial charge in [-0.3, -0.25) is 4.98 Å². The molecule has 1 fully saturated rings. The van der Waals surface area contributed by atoms with E-state index in [1.165, 1.54) is 47.3 Å². The van der Waals surface area contributed by atoms with E-state index in [-0.39, 0.29) is 11.3 Å². The SMILES string of the molecule is COC1C(n2cc(-c3cc(F)c(F)c(F)c3)nn2)[C@@H](O)C(CO)O[C@@H]1Sc1cc(Cl)cnc1-c1nccs1. The molecule has 0 amide bonds. The summed E-state index contributed by atoms with van der Waals surface area (Å²) in [4.78, 5) is 9.35. The Morgan fingerprint density at radius 3 is 2.63 bits per heavy atom. The van der Waals surface area contributed by atoms with Gasteiger partial charge in [0.2, 0.25) is 0 Å². The van der Waals surface area contributed by atoms with E-state index in [1.54, 1.807) is 12.3 Å². The maximum Gasteiger partial charge on any atom is 0.194 e. The second-order valence-corrected chi connectivity index (χ2v) is 10.7. The van der Waals surface area contributed by atoms with Crippen molar-refractivity contribution in [2.24, 2.45) is 0 Å². The van der Waals surface area contributed by atoms with E-state index >= 15 is 0 Å². The molecule has 0 saturated carbocycles. The van der Waals surface area contributed by atoms with Crippen molar-refractivity contribution in [1.29, 1.82) is 0 Å². The van der Waals surface area contributed by atoms with Crippen LogP contribution in [-0.4, -0.2) is 72.6 Å². The summed E-state index contributed by atoms with van der Waals surface area (Å²) in [5.74, 6) is -4.35. The van der Waals surface area contributed by atoms with E-state index in [4.69, 9.17) is 21.1 Å². The van der Waals surface area contributed by atoms with Gasteiger partial charge in [0.05, 0.1) is 17.8 Å². The molecule has 0 spiro atoms. The number of methoxy groups -OCH3 is 1. The van der Waals surface area contributed by atoms with Crippen LogP contribution in [0.15, 0.2) is 47.1 Å². The van der Waals surface area contributed by atoms with Crippen LogP contribution in [0.3, 0.4) is 0 Å². The number of hydrogen-bond donors (Lipinski definition) is 2. The van der Waals surface area contributed by atoms with Crippen molar-refractivity contribution in [3.8, 4) is 22.0 Å². The summed E-state index contributed by atoms with van der Waals surface area (Å²) < 4.78 is 54.0. The molecule has 0 radical (unpaired) electrons. The summed E-state index contributed by atoms with van der Waals surface area (Å²) in [5, 5.41) is 31.8. The Bertz CT molecular complexity index is 1410. The van der Waals surface area contributed by atoms with E-state index in [0.717, 1.165) is 12.1 Å².